The van der Waals surface area contributed by atoms with E-state index < -0.39 is 15.6 Å². The van der Waals surface area contributed by atoms with E-state index in [4.69, 9.17) is 16.3 Å². The molecule has 1 aliphatic heterocycles. The second kappa shape index (κ2) is 6.24. The van der Waals surface area contributed by atoms with Crippen LogP contribution in [0.2, 0.25) is 0 Å². The Hall–Kier alpha value is -0.920. The third-order valence-corrected chi connectivity index (χ3v) is 4.89. The van der Waals surface area contributed by atoms with E-state index in [0.717, 1.165) is 5.69 Å². The molecule has 0 N–H and O–H groups in total. The summed E-state index contributed by atoms with van der Waals surface area (Å²) in [5, 5.41) is 0. The Morgan fingerprint density at radius 2 is 2.00 bits per heavy atom. The average Bonchev–Trinajstić information content (AvgIpc) is 2.47. The van der Waals surface area contributed by atoms with Gasteiger partial charge in [-0.3, -0.25) is 0 Å². The van der Waals surface area contributed by atoms with Crippen LogP contribution in [-0.2, 0) is 14.6 Å². The molecule has 0 spiro atoms. The molecule has 1 unspecified atom stereocenters. The molecule has 1 saturated heterocycles. The first-order valence-electron chi connectivity index (χ1n) is 5.99. The van der Waals surface area contributed by atoms with E-state index in [0.29, 0.717) is 25.6 Å². The zero-order valence-electron chi connectivity index (χ0n) is 10.5. The van der Waals surface area contributed by atoms with Crippen LogP contribution in [-0.4, -0.2) is 45.9 Å². The van der Waals surface area contributed by atoms with E-state index in [2.05, 4.69) is 0 Å². The Morgan fingerprint density at radius 3 is 2.55 bits per heavy atom. The summed E-state index contributed by atoms with van der Waals surface area (Å²) in [4.78, 5) is 1.60. The summed E-state index contributed by atoms with van der Waals surface area (Å²) in [6.07, 6.45) is 0. The molecule has 8 heteroatoms. The third-order valence-electron chi connectivity index (χ3n) is 3.14. The first kappa shape index (κ1) is 15.5. The van der Waals surface area contributed by atoms with Gasteiger partial charge in [-0.2, -0.15) is 8.78 Å². The molecule has 1 aliphatic rings. The minimum absolute atomic E-state index is 0.0111. The van der Waals surface area contributed by atoms with E-state index in [9.17, 15) is 17.2 Å². The molecule has 112 valence electrons. The molecular weight excluding hydrogens is 312 g/mol. The van der Waals surface area contributed by atoms with Gasteiger partial charge in [0, 0.05) is 18.1 Å². The number of anilines is 1. The van der Waals surface area contributed by atoms with Crippen LogP contribution in [0.15, 0.2) is 29.2 Å². The number of rotatable bonds is 4. The van der Waals surface area contributed by atoms with Gasteiger partial charge in [-0.05, 0) is 24.3 Å². The fourth-order valence-corrected chi connectivity index (χ4v) is 3.03. The van der Waals surface area contributed by atoms with Crippen molar-refractivity contribution in [2.45, 2.75) is 16.7 Å². The Morgan fingerprint density at radius 1 is 1.35 bits per heavy atom. The summed E-state index contributed by atoms with van der Waals surface area (Å²) in [5.74, 6) is -3.04. The van der Waals surface area contributed by atoms with Crippen molar-refractivity contribution in [1.29, 1.82) is 0 Å². The Balaban J connectivity index is 2.24. The van der Waals surface area contributed by atoms with Gasteiger partial charge in [0.05, 0.1) is 24.2 Å². The van der Waals surface area contributed by atoms with Gasteiger partial charge >= 0.3 is 5.76 Å². The quantitative estimate of drug-likeness (QED) is 0.796. The lowest BCUT2D eigenvalue weighted by Crippen LogP contribution is -2.46. The predicted molar refractivity (Wildman–Crippen MR) is 72.3 cm³/mol. The number of alkyl halides is 3. The van der Waals surface area contributed by atoms with Crippen molar-refractivity contribution in [1.82, 2.24) is 0 Å². The molecule has 1 fully saturated rings. The molecular formula is C12H14ClF2NO3S. The van der Waals surface area contributed by atoms with E-state index in [-0.39, 0.29) is 10.9 Å². The maximum atomic E-state index is 12.4. The number of benzene rings is 1. The minimum Gasteiger partial charge on any atom is -0.377 e. The second-order valence-electron chi connectivity index (χ2n) is 4.38. The van der Waals surface area contributed by atoms with Gasteiger partial charge in [-0.1, -0.05) is 0 Å². The SMILES string of the molecule is O=S(=O)(c1ccc(N2CCOCC2CCl)cc1)C(F)F. The van der Waals surface area contributed by atoms with Crippen LogP contribution in [0.25, 0.3) is 0 Å². The van der Waals surface area contributed by atoms with Crippen LogP contribution >= 0.6 is 11.6 Å². The molecule has 0 aromatic heterocycles. The van der Waals surface area contributed by atoms with Crippen molar-refractivity contribution in [3.05, 3.63) is 24.3 Å². The zero-order valence-corrected chi connectivity index (χ0v) is 12.1. The van der Waals surface area contributed by atoms with E-state index in [1.165, 1.54) is 24.3 Å². The number of hydrogen-bond acceptors (Lipinski definition) is 4. The Bertz CT molecular complexity index is 550. The average molecular weight is 326 g/mol. The smallest absolute Gasteiger partial charge is 0.341 e. The van der Waals surface area contributed by atoms with Crippen molar-refractivity contribution in [2.24, 2.45) is 0 Å². The van der Waals surface area contributed by atoms with Crippen molar-refractivity contribution in [3.8, 4) is 0 Å². The monoisotopic (exact) mass is 325 g/mol. The Labute approximate surface area is 121 Å². The molecule has 0 bridgehead atoms. The summed E-state index contributed by atoms with van der Waals surface area (Å²) in [6.45, 7) is 1.66. The predicted octanol–water partition coefficient (Wildman–Crippen LogP) is 2.13. The lowest BCUT2D eigenvalue weighted by atomic mass is 10.2. The first-order valence-corrected chi connectivity index (χ1v) is 8.07. The number of morpholine rings is 1. The molecule has 20 heavy (non-hydrogen) atoms. The topological polar surface area (TPSA) is 46.6 Å². The van der Waals surface area contributed by atoms with Crippen molar-refractivity contribution in [3.63, 3.8) is 0 Å². The van der Waals surface area contributed by atoms with Crippen LogP contribution in [0.4, 0.5) is 14.5 Å². The fraction of sp³-hybridized carbons (Fsp3) is 0.500. The maximum absolute atomic E-state index is 12.4. The molecule has 1 aromatic rings. The fourth-order valence-electron chi connectivity index (χ4n) is 2.05. The van der Waals surface area contributed by atoms with Gasteiger partial charge < -0.3 is 9.64 Å². The zero-order chi connectivity index (χ0) is 14.8. The largest absolute Gasteiger partial charge is 0.377 e. The summed E-state index contributed by atoms with van der Waals surface area (Å²) >= 11 is 5.85. The normalized spacial score (nSPS) is 20.4. The number of nitrogens with zero attached hydrogens (tertiary/aromatic N) is 1. The van der Waals surface area contributed by atoms with Crippen LogP contribution in [0.1, 0.15) is 0 Å². The highest BCUT2D eigenvalue weighted by Gasteiger charge is 2.27. The minimum atomic E-state index is -4.55. The van der Waals surface area contributed by atoms with Crippen molar-refractivity contribution < 1.29 is 21.9 Å². The highest BCUT2D eigenvalue weighted by atomic mass is 35.5. The van der Waals surface area contributed by atoms with Crippen molar-refractivity contribution >= 4 is 27.1 Å². The molecule has 2 rings (SSSR count). The number of ether oxygens (including phenoxy) is 1. The van der Waals surface area contributed by atoms with Gasteiger partial charge in [0.1, 0.15) is 0 Å². The lowest BCUT2D eigenvalue weighted by molar-refractivity contribution is 0.0998. The summed E-state index contributed by atoms with van der Waals surface area (Å²) in [5.41, 5.74) is 0.743. The van der Waals surface area contributed by atoms with E-state index in [1.807, 2.05) is 4.90 Å². The highest BCUT2D eigenvalue weighted by molar-refractivity contribution is 7.91. The first-order chi connectivity index (χ1) is 9.46. The lowest BCUT2D eigenvalue weighted by Gasteiger charge is -2.36. The number of hydrogen-bond donors (Lipinski definition) is 0. The van der Waals surface area contributed by atoms with E-state index in [1.54, 1.807) is 0 Å². The van der Waals surface area contributed by atoms with Crippen LogP contribution in [0, 0.1) is 0 Å². The molecule has 0 saturated carbocycles. The molecule has 4 nitrogen and oxygen atoms in total. The third kappa shape index (κ3) is 3.05. The van der Waals surface area contributed by atoms with Crippen LogP contribution in [0.3, 0.4) is 0 Å². The van der Waals surface area contributed by atoms with Gasteiger partial charge in [0.25, 0.3) is 0 Å². The van der Waals surface area contributed by atoms with Gasteiger partial charge in [-0.25, -0.2) is 8.42 Å². The van der Waals surface area contributed by atoms with Crippen LogP contribution in [0.5, 0.6) is 0 Å². The Kier molecular flexibility index (Phi) is 4.82. The maximum Gasteiger partial charge on any atom is 0.341 e. The van der Waals surface area contributed by atoms with Crippen molar-refractivity contribution in [2.75, 3.05) is 30.5 Å². The molecule has 0 amide bonds. The molecule has 1 heterocycles. The van der Waals surface area contributed by atoms with Gasteiger partial charge in [0.15, 0.2) is 0 Å². The summed E-state index contributed by atoms with van der Waals surface area (Å²) in [7, 11) is -4.55. The molecule has 1 aromatic carbocycles. The molecule has 1 atom stereocenters. The summed E-state index contributed by atoms with van der Waals surface area (Å²) < 4.78 is 52.9. The standard InChI is InChI=1S/C12H14ClF2NO3S/c13-7-10-8-19-6-5-16(10)9-1-3-11(4-2-9)20(17,18)12(14)15/h1-4,10,12H,5-8H2. The van der Waals surface area contributed by atoms with E-state index >= 15 is 0 Å². The second-order valence-corrected chi connectivity index (χ2v) is 6.60. The molecule has 0 radical (unpaired) electrons. The highest BCUT2D eigenvalue weighted by Crippen LogP contribution is 2.24. The molecule has 0 aliphatic carbocycles. The van der Waals surface area contributed by atoms with Gasteiger partial charge in [0.2, 0.25) is 9.84 Å². The van der Waals surface area contributed by atoms with Crippen LogP contribution < -0.4 is 4.90 Å². The number of sulfone groups is 1. The summed E-state index contributed by atoms with van der Waals surface area (Å²) in [6, 6.07) is 5.40. The number of halogens is 3. The van der Waals surface area contributed by atoms with Gasteiger partial charge in [-0.15, -0.1) is 11.6 Å².